The number of anilines is 1. The molecule has 0 fully saturated rings. The average Bonchev–Trinajstić information content (AvgIpc) is 2.28. The van der Waals surface area contributed by atoms with Gasteiger partial charge in [-0.1, -0.05) is 6.92 Å². The van der Waals surface area contributed by atoms with E-state index < -0.39 is 6.03 Å². The third kappa shape index (κ3) is 4.14. The van der Waals surface area contributed by atoms with Gasteiger partial charge >= 0.3 is 6.03 Å². The largest absolute Gasteiger partial charge is 0.351 e. The number of nitrogens with two attached hydrogens (primary N) is 1. The van der Waals surface area contributed by atoms with Gasteiger partial charge in [-0.3, -0.25) is 4.79 Å². The van der Waals surface area contributed by atoms with Gasteiger partial charge in [0.25, 0.3) is 5.91 Å². The van der Waals surface area contributed by atoms with Crippen molar-refractivity contribution in [1.82, 2.24) is 5.32 Å². The number of amides is 3. The number of nitrogens with one attached hydrogen (secondary N) is 2. The highest BCUT2D eigenvalue weighted by Gasteiger charge is 2.08. The van der Waals surface area contributed by atoms with Crippen LogP contribution in [-0.2, 0) is 0 Å². The fourth-order valence-electron chi connectivity index (χ4n) is 1.26. The first-order valence-electron chi connectivity index (χ1n) is 5.50. The molecule has 0 saturated carbocycles. The van der Waals surface area contributed by atoms with E-state index >= 15 is 0 Å². The van der Waals surface area contributed by atoms with Gasteiger partial charge in [0, 0.05) is 17.3 Å². The number of carbonyl (C=O) groups is 2. The lowest BCUT2D eigenvalue weighted by Crippen LogP contribution is -2.31. The third-order valence-corrected chi connectivity index (χ3v) is 2.40. The topological polar surface area (TPSA) is 84.2 Å². The lowest BCUT2D eigenvalue weighted by Gasteiger charge is -2.11. The van der Waals surface area contributed by atoms with Gasteiger partial charge in [-0.2, -0.15) is 0 Å². The van der Waals surface area contributed by atoms with Crippen LogP contribution < -0.4 is 16.4 Å². The first-order chi connectivity index (χ1) is 8.02. The SMILES string of the molecule is CCC(C)NC(=O)c1ccc(NC(N)=O)cc1. The highest BCUT2D eigenvalue weighted by molar-refractivity contribution is 5.95. The summed E-state index contributed by atoms with van der Waals surface area (Å²) in [6.07, 6.45) is 0.882. The predicted molar refractivity (Wildman–Crippen MR) is 66.9 cm³/mol. The molecule has 4 N–H and O–H groups in total. The van der Waals surface area contributed by atoms with E-state index in [9.17, 15) is 9.59 Å². The predicted octanol–water partition coefficient (Wildman–Crippen LogP) is 1.71. The molecule has 0 aliphatic heterocycles. The summed E-state index contributed by atoms with van der Waals surface area (Å²) < 4.78 is 0. The molecule has 1 aromatic rings. The van der Waals surface area contributed by atoms with Gasteiger partial charge in [0.05, 0.1) is 0 Å². The van der Waals surface area contributed by atoms with E-state index in [1.165, 1.54) is 0 Å². The second-order valence-corrected chi connectivity index (χ2v) is 3.85. The van der Waals surface area contributed by atoms with Crippen LogP contribution in [-0.4, -0.2) is 18.0 Å². The van der Waals surface area contributed by atoms with Crippen molar-refractivity contribution < 1.29 is 9.59 Å². The Balaban J connectivity index is 2.67. The minimum absolute atomic E-state index is 0.120. The van der Waals surface area contributed by atoms with Crippen LogP contribution >= 0.6 is 0 Å². The first-order valence-corrected chi connectivity index (χ1v) is 5.50. The van der Waals surface area contributed by atoms with E-state index in [0.29, 0.717) is 11.3 Å². The summed E-state index contributed by atoms with van der Waals surface area (Å²) in [7, 11) is 0. The quantitative estimate of drug-likeness (QED) is 0.742. The summed E-state index contributed by atoms with van der Waals surface area (Å²) in [6, 6.07) is 6.08. The lowest BCUT2D eigenvalue weighted by molar-refractivity contribution is 0.0939. The number of urea groups is 1. The summed E-state index contributed by atoms with van der Waals surface area (Å²) >= 11 is 0. The van der Waals surface area contributed by atoms with Crippen LogP contribution in [0.1, 0.15) is 30.6 Å². The Bertz CT molecular complexity index is 401. The van der Waals surface area contributed by atoms with E-state index in [2.05, 4.69) is 10.6 Å². The molecule has 0 spiro atoms. The summed E-state index contributed by atoms with van der Waals surface area (Å²) in [5, 5.41) is 5.29. The zero-order valence-electron chi connectivity index (χ0n) is 9.99. The van der Waals surface area contributed by atoms with E-state index in [-0.39, 0.29) is 11.9 Å². The van der Waals surface area contributed by atoms with Crippen LogP contribution in [0.4, 0.5) is 10.5 Å². The highest BCUT2D eigenvalue weighted by Crippen LogP contribution is 2.09. The Hall–Kier alpha value is -2.04. The van der Waals surface area contributed by atoms with Crippen molar-refractivity contribution in [1.29, 1.82) is 0 Å². The molecule has 3 amide bonds. The number of hydrogen-bond acceptors (Lipinski definition) is 2. The number of benzene rings is 1. The Labute approximate surface area is 100 Å². The molecule has 17 heavy (non-hydrogen) atoms. The van der Waals surface area contributed by atoms with Crippen LogP contribution in [0.2, 0.25) is 0 Å². The Morgan fingerprint density at radius 3 is 2.35 bits per heavy atom. The normalized spacial score (nSPS) is 11.6. The van der Waals surface area contributed by atoms with Gasteiger partial charge in [-0.15, -0.1) is 0 Å². The van der Waals surface area contributed by atoms with Crippen LogP contribution in [0.5, 0.6) is 0 Å². The lowest BCUT2D eigenvalue weighted by atomic mass is 10.1. The van der Waals surface area contributed by atoms with Crippen molar-refractivity contribution in [3.8, 4) is 0 Å². The van der Waals surface area contributed by atoms with Crippen molar-refractivity contribution >= 4 is 17.6 Å². The van der Waals surface area contributed by atoms with Crippen LogP contribution in [0.15, 0.2) is 24.3 Å². The Morgan fingerprint density at radius 1 is 1.29 bits per heavy atom. The molecule has 5 heteroatoms. The molecular formula is C12H17N3O2. The molecule has 0 aliphatic rings. The minimum atomic E-state index is -0.623. The number of rotatable bonds is 4. The van der Waals surface area contributed by atoms with E-state index in [0.717, 1.165) is 6.42 Å². The molecule has 1 aromatic carbocycles. The Morgan fingerprint density at radius 2 is 1.88 bits per heavy atom. The van der Waals surface area contributed by atoms with Gasteiger partial charge in [0.15, 0.2) is 0 Å². The summed E-state index contributed by atoms with van der Waals surface area (Å²) in [4.78, 5) is 22.3. The molecule has 1 unspecified atom stereocenters. The molecule has 0 aromatic heterocycles. The molecule has 0 aliphatic carbocycles. The fourth-order valence-corrected chi connectivity index (χ4v) is 1.26. The minimum Gasteiger partial charge on any atom is -0.351 e. The standard InChI is InChI=1S/C12H17N3O2/c1-3-8(2)14-11(16)9-4-6-10(7-5-9)15-12(13)17/h4-8H,3H2,1-2H3,(H,14,16)(H3,13,15,17). The van der Waals surface area contributed by atoms with Gasteiger partial charge in [-0.25, -0.2) is 4.79 Å². The van der Waals surface area contributed by atoms with Crippen molar-refractivity contribution in [3.05, 3.63) is 29.8 Å². The highest BCUT2D eigenvalue weighted by atomic mass is 16.2. The summed E-state index contributed by atoms with van der Waals surface area (Å²) in [5.74, 6) is -0.120. The molecule has 0 saturated heterocycles. The summed E-state index contributed by atoms with van der Waals surface area (Å²) in [6.45, 7) is 3.95. The number of primary amides is 1. The van der Waals surface area contributed by atoms with Crippen molar-refractivity contribution in [2.45, 2.75) is 26.3 Å². The second-order valence-electron chi connectivity index (χ2n) is 3.85. The van der Waals surface area contributed by atoms with Gasteiger partial charge in [0.1, 0.15) is 0 Å². The number of carbonyl (C=O) groups excluding carboxylic acids is 2. The molecular weight excluding hydrogens is 218 g/mol. The van der Waals surface area contributed by atoms with Crippen molar-refractivity contribution in [3.63, 3.8) is 0 Å². The second kappa shape index (κ2) is 5.89. The maximum Gasteiger partial charge on any atom is 0.316 e. The van der Waals surface area contributed by atoms with Gasteiger partial charge in [-0.05, 0) is 37.6 Å². The smallest absolute Gasteiger partial charge is 0.316 e. The molecule has 0 radical (unpaired) electrons. The van der Waals surface area contributed by atoms with E-state index in [1.54, 1.807) is 24.3 Å². The Kier molecular flexibility index (Phi) is 4.51. The van der Waals surface area contributed by atoms with Crippen molar-refractivity contribution in [2.24, 2.45) is 5.73 Å². The fraction of sp³-hybridized carbons (Fsp3) is 0.333. The maximum absolute atomic E-state index is 11.7. The zero-order valence-corrected chi connectivity index (χ0v) is 9.99. The molecule has 1 atom stereocenters. The van der Waals surface area contributed by atoms with Crippen LogP contribution in [0, 0.1) is 0 Å². The van der Waals surface area contributed by atoms with E-state index in [4.69, 9.17) is 5.73 Å². The third-order valence-electron chi connectivity index (χ3n) is 2.40. The molecule has 5 nitrogen and oxygen atoms in total. The van der Waals surface area contributed by atoms with Crippen molar-refractivity contribution in [2.75, 3.05) is 5.32 Å². The summed E-state index contributed by atoms with van der Waals surface area (Å²) in [5.41, 5.74) is 6.10. The average molecular weight is 235 g/mol. The molecule has 1 rings (SSSR count). The molecule has 92 valence electrons. The van der Waals surface area contributed by atoms with Crippen LogP contribution in [0.3, 0.4) is 0 Å². The molecule has 0 bridgehead atoms. The maximum atomic E-state index is 11.7. The molecule has 0 heterocycles. The zero-order chi connectivity index (χ0) is 12.8. The van der Waals surface area contributed by atoms with Gasteiger partial charge in [0.2, 0.25) is 0 Å². The monoisotopic (exact) mass is 235 g/mol. The number of hydrogen-bond donors (Lipinski definition) is 3. The first kappa shape index (κ1) is 13.0. The van der Waals surface area contributed by atoms with Gasteiger partial charge < -0.3 is 16.4 Å². The van der Waals surface area contributed by atoms with Crippen LogP contribution in [0.25, 0.3) is 0 Å². The van der Waals surface area contributed by atoms with E-state index in [1.807, 2.05) is 13.8 Å².